The van der Waals surface area contributed by atoms with Crippen molar-refractivity contribution in [1.82, 2.24) is 16.0 Å². The SMILES string of the molecule is CN=C(NCCC(=O)NC1CCS(=O)(=O)C1)NCc1ccccc1OCC1CC1.I. The van der Waals surface area contributed by atoms with Crippen LogP contribution in [-0.2, 0) is 21.2 Å². The molecule has 3 rings (SSSR count). The molecule has 1 amide bonds. The van der Waals surface area contributed by atoms with Gasteiger partial charge in [-0.3, -0.25) is 9.79 Å². The normalized spacial score (nSPS) is 20.2. The zero-order chi connectivity index (χ0) is 20.7. The highest BCUT2D eigenvalue weighted by Gasteiger charge is 2.28. The standard InChI is InChI=1S/C20H30N4O4S.HI/c1-21-20(22-10-8-19(25)24-17-9-11-29(26,27)14-17)23-12-16-4-2-3-5-18(16)28-13-15-6-7-15;/h2-5,15,17H,6-14H2,1H3,(H,24,25)(H2,21,22,23);1H. The number of rotatable bonds is 9. The molecule has 2 aliphatic rings. The number of para-hydroxylation sites is 1. The average Bonchev–Trinajstić information content (AvgIpc) is 3.46. The van der Waals surface area contributed by atoms with E-state index in [9.17, 15) is 13.2 Å². The Balaban J connectivity index is 0.00000320. The van der Waals surface area contributed by atoms with Gasteiger partial charge in [0.15, 0.2) is 15.8 Å². The number of guanidine groups is 1. The highest BCUT2D eigenvalue weighted by Crippen LogP contribution is 2.30. The largest absolute Gasteiger partial charge is 0.493 e. The number of sulfone groups is 1. The molecule has 0 radical (unpaired) electrons. The molecular weight excluding hydrogens is 519 g/mol. The van der Waals surface area contributed by atoms with E-state index in [0.717, 1.165) is 17.9 Å². The summed E-state index contributed by atoms with van der Waals surface area (Å²) in [6.07, 6.45) is 3.24. The van der Waals surface area contributed by atoms with Crippen molar-refractivity contribution in [3.05, 3.63) is 29.8 Å². The number of nitrogens with zero attached hydrogens (tertiary/aromatic N) is 1. The number of benzene rings is 1. The summed E-state index contributed by atoms with van der Waals surface area (Å²) in [5, 5.41) is 9.13. The molecule has 1 unspecified atom stereocenters. The molecule has 0 spiro atoms. The summed E-state index contributed by atoms with van der Waals surface area (Å²) in [7, 11) is -1.32. The predicted molar refractivity (Wildman–Crippen MR) is 128 cm³/mol. The molecule has 1 aliphatic carbocycles. The summed E-state index contributed by atoms with van der Waals surface area (Å²) in [6, 6.07) is 7.67. The first kappa shape index (κ1) is 24.7. The molecule has 1 aliphatic heterocycles. The van der Waals surface area contributed by atoms with Crippen LogP contribution in [0.1, 0.15) is 31.2 Å². The number of carbonyl (C=O) groups is 1. The van der Waals surface area contributed by atoms with Crippen LogP contribution in [0.25, 0.3) is 0 Å². The molecule has 1 saturated carbocycles. The van der Waals surface area contributed by atoms with Crippen molar-refractivity contribution in [2.24, 2.45) is 10.9 Å². The molecule has 8 nitrogen and oxygen atoms in total. The summed E-state index contributed by atoms with van der Waals surface area (Å²) in [4.78, 5) is 16.2. The van der Waals surface area contributed by atoms with Gasteiger partial charge in [0.05, 0.1) is 18.1 Å². The Bertz CT molecular complexity index is 843. The molecule has 10 heteroatoms. The van der Waals surface area contributed by atoms with Gasteiger partial charge < -0.3 is 20.7 Å². The maximum absolute atomic E-state index is 12.0. The minimum absolute atomic E-state index is 0. The minimum atomic E-state index is -2.99. The lowest BCUT2D eigenvalue weighted by molar-refractivity contribution is -0.121. The molecule has 1 saturated heterocycles. The van der Waals surface area contributed by atoms with Crippen molar-refractivity contribution in [3.8, 4) is 5.75 Å². The molecule has 1 aromatic rings. The van der Waals surface area contributed by atoms with Crippen molar-refractivity contribution >= 4 is 45.7 Å². The first-order chi connectivity index (χ1) is 13.9. The van der Waals surface area contributed by atoms with E-state index in [1.165, 1.54) is 12.8 Å². The van der Waals surface area contributed by atoms with Gasteiger partial charge in [-0.25, -0.2) is 8.42 Å². The summed E-state index contributed by atoms with van der Waals surface area (Å²) in [6.45, 7) is 1.73. The Morgan fingerprint density at radius 3 is 2.63 bits per heavy atom. The van der Waals surface area contributed by atoms with Crippen molar-refractivity contribution in [2.45, 2.75) is 38.3 Å². The monoisotopic (exact) mass is 550 g/mol. The molecule has 3 N–H and O–H groups in total. The van der Waals surface area contributed by atoms with Crippen LogP contribution >= 0.6 is 24.0 Å². The lowest BCUT2D eigenvalue weighted by Crippen LogP contribution is -2.41. The van der Waals surface area contributed by atoms with Crippen LogP contribution in [0, 0.1) is 5.92 Å². The van der Waals surface area contributed by atoms with Crippen LogP contribution in [0.5, 0.6) is 5.75 Å². The van der Waals surface area contributed by atoms with Crippen LogP contribution in [0.15, 0.2) is 29.3 Å². The Morgan fingerprint density at radius 2 is 1.97 bits per heavy atom. The number of hydrogen-bond acceptors (Lipinski definition) is 5. The Kier molecular flexibility index (Phi) is 9.66. The number of amides is 1. The number of ether oxygens (including phenoxy) is 1. The van der Waals surface area contributed by atoms with E-state index >= 15 is 0 Å². The van der Waals surface area contributed by atoms with E-state index in [4.69, 9.17) is 4.74 Å². The fraction of sp³-hybridized carbons (Fsp3) is 0.600. The van der Waals surface area contributed by atoms with Crippen molar-refractivity contribution in [2.75, 3.05) is 31.7 Å². The molecule has 0 bridgehead atoms. The molecule has 0 aromatic heterocycles. The van der Waals surface area contributed by atoms with Gasteiger partial charge >= 0.3 is 0 Å². The van der Waals surface area contributed by atoms with Crippen molar-refractivity contribution in [3.63, 3.8) is 0 Å². The number of nitrogens with one attached hydrogen (secondary N) is 3. The van der Waals surface area contributed by atoms with E-state index in [1.54, 1.807) is 7.05 Å². The summed E-state index contributed by atoms with van der Waals surface area (Å²) >= 11 is 0. The van der Waals surface area contributed by atoms with Crippen LogP contribution in [0.4, 0.5) is 0 Å². The van der Waals surface area contributed by atoms with Gasteiger partial charge in [-0.05, 0) is 31.2 Å². The highest BCUT2D eigenvalue weighted by atomic mass is 127. The van der Waals surface area contributed by atoms with Gasteiger partial charge in [0.2, 0.25) is 5.91 Å². The Morgan fingerprint density at radius 1 is 1.20 bits per heavy atom. The smallest absolute Gasteiger partial charge is 0.222 e. The number of halogens is 1. The van der Waals surface area contributed by atoms with Crippen LogP contribution in [0.2, 0.25) is 0 Å². The van der Waals surface area contributed by atoms with Crippen molar-refractivity contribution < 1.29 is 17.9 Å². The Labute approximate surface area is 195 Å². The zero-order valence-electron chi connectivity index (χ0n) is 17.2. The third kappa shape index (κ3) is 8.29. The van der Waals surface area contributed by atoms with E-state index in [0.29, 0.717) is 31.4 Å². The fourth-order valence-corrected chi connectivity index (χ4v) is 4.86. The molecule has 2 fully saturated rings. The average molecular weight is 550 g/mol. The quantitative estimate of drug-likeness (QED) is 0.244. The molecule has 1 atom stereocenters. The number of carbonyl (C=O) groups excluding carboxylic acids is 1. The summed E-state index contributed by atoms with van der Waals surface area (Å²) in [5.74, 6) is 2.21. The third-order valence-electron chi connectivity index (χ3n) is 5.06. The van der Waals surface area contributed by atoms with Gasteiger partial charge in [-0.15, -0.1) is 24.0 Å². The lowest BCUT2D eigenvalue weighted by Gasteiger charge is -2.15. The van der Waals surface area contributed by atoms with Gasteiger partial charge in [0.1, 0.15) is 5.75 Å². The maximum Gasteiger partial charge on any atom is 0.222 e. The van der Waals surface area contributed by atoms with E-state index in [-0.39, 0.29) is 53.9 Å². The predicted octanol–water partition coefficient (Wildman–Crippen LogP) is 1.45. The summed E-state index contributed by atoms with van der Waals surface area (Å²) < 4.78 is 28.8. The molecule has 1 heterocycles. The van der Waals surface area contributed by atoms with E-state index < -0.39 is 9.84 Å². The van der Waals surface area contributed by atoms with Gasteiger partial charge in [-0.1, -0.05) is 18.2 Å². The zero-order valence-corrected chi connectivity index (χ0v) is 20.4. The first-order valence-corrected chi connectivity index (χ1v) is 11.9. The van der Waals surface area contributed by atoms with Crippen molar-refractivity contribution in [1.29, 1.82) is 0 Å². The number of aliphatic imine (C=N–C) groups is 1. The van der Waals surface area contributed by atoms with E-state index in [1.807, 2.05) is 24.3 Å². The van der Waals surface area contributed by atoms with Crippen LogP contribution in [-0.4, -0.2) is 58.0 Å². The second-order valence-corrected chi connectivity index (χ2v) is 9.86. The summed E-state index contributed by atoms with van der Waals surface area (Å²) in [5.41, 5.74) is 1.05. The van der Waals surface area contributed by atoms with Gasteiger partial charge in [0.25, 0.3) is 0 Å². The van der Waals surface area contributed by atoms with Crippen LogP contribution in [0.3, 0.4) is 0 Å². The minimum Gasteiger partial charge on any atom is -0.493 e. The lowest BCUT2D eigenvalue weighted by atomic mass is 10.2. The maximum atomic E-state index is 12.0. The van der Waals surface area contributed by atoms with E-state index in [2.05, 4.69) is 20.9 Å². The van der Waals surface area contributed by atoms with Crippen LogP contribution < -0.4 is 20.7 Å². The third-order valence-corrected chi connectivity index (χ3v) is 6.82. The molecule has 168 valence electrons. The first-order valence-electron chi connectivity index (χ1n) is 10.1. The number of hydrogen-bond donors (Lipinski definition) is 3. The Hall–Kier alpha value is -1.56. The second-order valence-electron chi connectivity index (χ2n) is 7.63. The fourth-order valence-electron chi connectivity index (χ4n) is 3.19. The highest BCUT2D eigenvalue weighted by molar-refractivity contribution is 14.0. The van der Waals surface area contributed by atoms with Gasteiger partial charge in [0, 0.05) is 38.2 Å². The molecule has 30 heavy (non-hydrogen) atoms. The second kappa shape index (κ2) is 11.7. The topological polar surface area (TPSA) is 109 Å². The molecular formula is C20H31IN4O4S. The van der Waals surface area contributed by atoms with Gasteiger partial charge in [-0.2, -0.15) is 0 Å². The molecule has 1 aromatic carbocycles.